The fraction of sp³-hybridized carbons (Fsp3) is 0.696. The van der Waals surface area contributed by atoms with Crippen LogP contribution in [0.3, 0.4) is 0 Å². The SMILES string of the molecule is O=C(CCN(CC1CCCCC1)C1CC1)Nc1cc(S(=O)(=O)N2CCCC2)ccc1Cl. The molecule has 0 radical (unpaired) electrons. The average molecular weight is 468 g/mol. The number of carbonyl (C=O) groups is 1. The first kappa shape index (κ1) is 23.0. The van der Waals surface area contributed by atoms with Crippen molar-refractivity contribution in [2.45, 2.75) is 75.1 Å². The lowest BCUT2D eigenvalue weighted by atomic mass is 9.89. The maximum Gasteiger partial charge on any atom is 0.243 e. The lowest BCUT2D eigenvalue weighted by molar-refractivity contribution is -0.116. The summed E-state index contributed by atoms with van der Waals surface area (Å²) in [5.41, 5.74) is 0.372. The summed E-state index contributed by atoms with van der Waals surface area (Å²) in [5.74, 6) is 0.645. The molecule has 0 spiro atoms. The van der Waals surface area contributed by atoms with Crippen LogP contribution in [0, 0.1) is 5.92 Å². The van der Waals surface area contributed by atoms with Crippen molar-refractivity contribution in [3.63, 3.8) is 0 Å². The second-order valence-corrected chi connectivity index (χ2v) is 11.6. The predicted molar refractivity (Wildman–Crippen MR) is 124 cm³/mol. The van der Waals surface area contributed by atoms with Crippen molar-refractivity contribution in [1.29, 1.82) is 0 Å². The summed E-state index contributed by atoms with van der Waals surface area (Å²) in [5, 5.41) is 3.21. The van der Waals surface area contributed by atoms with Crippen LogP contribution in [0.15, 0.2) is 23.1 Å². The molecule has 1 amide bonds. The molecule has 0 unspecified atom stereocenters. The van der Waals surface area contributed by atoms with E-state index in [0.29, 0.717) is 36.3 Å². The minimum Gasteiger partial charge on any atom is -0.325 e. The number of benzene rings is 1. The number of sulfonamides is 1. The molecule has 31 heavy (non-hydrogen) atoms. The average Bonchev–Trinajstić information content (AvgIpc) is 3.45. The number of nitrogens with one attached hydrogen (secondary N) is 1. The summed E-state index contributed by atoms with van der Waals surface area (Å²) < 4.78 is 27.2. The van der Waals surface area contributed by atoms with Gasteiger partial charge in [0.25, 0.3) is 0 Å². The van der Waals surface area contributed by atoms with E-state index in [1.165, 1.54) is 61.4 Å². The Morgan fingerprint density at radius 1 is 1.06 bits per heavy atom. The van der Waals surface area contributed by atoms with Gasteiger partial charge in [-0.2, -0.15) is 4.31 Å². The van der Waals surface area contributed by atoms with Crippen molar-refractivity contribution in [2.75, 3.05) is 31.5 Å². The maximum absolute atomic E-state index is 12.8. The number of anilines is 1. The van der Waals surface area contributed by atoms with Gasteiger partial charge >= 0.3 is 0 Å². The fourth-order valence-electron chi connectivity index (χ4n) is 4.86. The van der Waals surface area contributed by atoms with Gasteiger partial charge in [-0.15, -0.1) is 0 Å². The number of rotatable bonds is 9. The van der Waals surface area contributed by atoms with E-state index in [0.717, 1.165) is 31.8 Å². The Balaban J connectivity index is 1.35. The Labute approximate surface area is 191 Å². The fourth-order valence-corrected chi connectivity index (χ4v) is 6.57. The minimum absolute atomic E-state index is 0.119. The molecule has 1 saturated heterocycles. The van der Waals surface area contributed by atoms with E-state index in [-0.39, 0.29) is 10.8 Å². The zero-order chi connectivity index (χ0) is 21.8. The first-order valence-electron chi connectivity index (χ1n) is 11.8. The highest BCUT2D eigenvalue weighted by atomic mass is 35.5. The standard InChI is InChI=1S/C23H34ClN3O3S/c24-21-11-10-20(31(29,30)27-13-4-5-14-27)16-22(21)25-23(28)12-15-26(19-8-9-19)17-18-6-2-1-3-7-18/h10-11,16,18-19H,1-9,12-15,17H2,(H,25,28). The molecular weight excluding hydrogens is 434 g/mol. The van der Waals surface area contributed by atoms with Crippen molar-refractivity contribution in [2.24, 2.45) is 5.92 Å². The van der Waals surface area contributed by atoms with E-state index in [1.807, 2.05) is 0 Å². The number of halogens is 1. The van der Waals surface area contributed by atoms with E-state index in [2.05, 4.69) is 10.2 Å². The van der Waals surface area contributed by atoms with Crippen LogP contribution in [0.5, 0.6) is 0 Å². The third-order valence-electron chi connectivity index (χ3n) is 6.82. The van der Waals surface area contributed by atoms with Crippen LogP contribution in [0.4, 0.5) is 5.69 Å². The Kier molecular flexibility index (Phi) is 7.57. The van der Waals surface area contributed by atoms with Gasteiger partial charge in [0.05, 0.1) is 15.6 Å². The molecule has 4 rings (SSSR count). The van der Waals surface area contributed by atoms with Crippen LogP contribution in [0.2, 0.25) is 5.02 Å². The zero-order valence-electron chi connectivity index (χ0n) is 18.2. The second-order valence-electron chi connectivity index (χ2n) is 9.28. The van der Waals surface area contributed by atoms with Crippen molar-refractivity contribution < 1.29 is 13.2 Å². The summed E-state index contributed by atoms with van der Waals surface area (Å²) in [7, 11) is -3.54. The van der Waals surface area contributed by atoms with Gasteiger partial charge in [0, 0.05) is 38.6 Å². The largest absolute Gasteiger partial charge is 0.325 e. The molecule has 8 heteroatoms. The maximum atomic E-state index is 12.8. The van der Waals surface area contributed by atoms with Gasteiger partial charge in [0.15, 0.2) is 0 Å². The van der Waals surface area contributed by atoms with Crippen molar-refractivity contribution in [3.8, 4) is 0 Å². The van der Waals surface area contributed by atoms with Crippen LogP contribution < -0.4 is 5.32 Å². The Bertz CT molecular complexity index is 876. The number of hydrogen-bond acceptors (Lipinski definition) is 4. The van der Waals surface area contributed by atoms with Gasteiger partial charge in [-0.05, 0) is 62.6 Å². The van der Waals surface area contributed by atoms with Gasteiger partial charge in [0.1, 0.15) is 0 Å². The molecule has 1 heterocycles. The highest BCUT2D eigenvalue weighted by Crippen LogP contribution is 2.32. The van der Waals surface area contributed by atoms with Gasteiger partial charge in [-0.25, -0.2) is 8.42 Å². The van der Waals surface area contributed by atoms with E-state index in [1.54, 1.807) is 6.07 Å². The molecule has 172 valence electrons. The van der Waals surface area contributed by atoms with Crippen LogP contribution in [-0.2, 0) is 14.8 Å². The summed E-state index contributed by atoms with van der Waals surface area (Å²) in [4.78, 5) is 15.3. The smallest absolute Gasteiger partial charge is 0.243 e. The zero-order valence-corrected chi connectivity index (χ0v) is 19.8. The molecule has 6 nitrogen and oxygen atoms in total. The highest BCUT2D eigenvalue weighted by molar-refractivity contribution is 7.89. The van der Waals surface area contributed by atoms with Crippen LogP contribution >= 0.6 is 11.6 Å². The van der Waals surface area contributed by atoms with Gasteiger partial charge in [-0.3, -0.25) is 9.69 Å². The number of carbonyl (C=O) groups excluding carboxylic acids is 1. The van der Waals surface area contributed by atoms with E-state index in [4.69, 9.17) is 11.6 Å². The van der Waals surface area contributed by atoms with Crippen LogP contribution in [0.1, 0.15) is 64.2 Å². The summed E-state index contributed by atoms with van der Waals surface area (Å²) in [6, 6.07) is 5.20. The number of amides is 1. The molecule has 2 aliphatic carbocycles. The van der Waals surface area contributed by atoms with Crippen molar-refractivity contribution in [1.82, 2.24) is 9.21 Å². The monoisotopic (exact) mass is 467 g/mol. The van der Waals surface area contributed by atoms with Gasteiger partial charge < -0.3 is 5.32 Å². The predicted octanol–water partition coefficient (Wildman–Crippen LogP) is 4.50. The molecule has 3 fully saturated rings. The van der Waals surface area contributed by atoms with E-state index in [9.17, 15) is 13.2 Å². The summed E-state index contributed by atoms with van der Waals surface area (Å²) >= 11 is 6.27. The van der Waals surface area contributed by atoms with E-state index >= 15 is 0 Å². The summed E-state index contributed by atoms with van der Waals surface area (Å²) in [6.45, 7) is 2.94. The van der Waals surface area contributed by atoms with Crippen LogP contribution in [0.25, 0.3) is 0 Å². The Morgan fingerprint density at radius 2 is 1.77 bits per heavy atom. The quantitative estimate of drug-likeness (QED) is 0.580. The Hall–Kier alpha value is -1.15. The topological polar surface area (TPSA) is 69.7 Å². The van der Waals surface area contributed by atoms with Gasteiger partial charge in [0.2, 0.25) is 15.9 Å². The lowest BCUT2D eigenvalue weighted by Gasteiger charge is -2.29. The normalized spacial score (nSPS) is 21.0. The highest BCUT2D eigenvalue weighted by Gasteiger charge is 2.31. The molecular formula is C23H34ClN3O3S. The van der Waals surface area contributed by atoms with Crippen molar-refractivity contribution >= 4 is 33.2 Å². The molecule has 0 aromatic heterocycles. The molecule has 0 atom stereocenters. The molecule has 1 aliphatic heterocycles. The first-order chi connectivity index (χ1) is 14.9. The molecule has 3 aliphatic rings. The van der Waals surface area contributed by atoms with Crippen LogP contribution in [-0.4, -0.2) is 55.8 Å². The molecule has 2 saturated carbocycles. The summed E-state index contributed by atoms with van der Waals surface area (Å²) in [6.07, 6.45) is 11.3. The van der Waals surface area contributed by atoms with Gasteiger partial charge in [-0.1, -0.05) is 30.9 Å². The Morgan fingerprint density at radius 3 is 2.45 bits per heavy atom. The first-order valence-corrected chi connectivity index (χ1v) is 13.6. The van der Waals surface area contributed by atoms with E-state index < -0.39 is 10.0 Å². The molecule has 1 N–H and O–H groups in total. The molecule has 1 aromatic rings. The molecule has 1 aromatic carbocycles. The molecule has 0 bridgehead atoms. The van der Waals surface area contributed by atoms with Crippen molar-refractivity contribution in [3.05, 3.63) is 23.2 Å². The number of nitrogens with zero attached hydrogens (tertiary/aromatic N) is 2. The lowest BCUT2D eigenvalue weighted by Crippen LogP contribution is -2.35. The number of hydrogen-bond donors (Lipinski definition) is 1. The minimum atomic E-state index is -3.54. The third kappa shape index (κ3) is 6.01. The third-order valence-corrected chi connectivity index (χ3v) is 9.05. The second kappa shape index (κ2) is 10.2.